The number of nitrogens with one attached hydrogen (secondary N) is 1. The molecule has 2 fully saturated rings. The van der Waals surface area contributed by atoms with Gasteiger partial charge in [-0.25, -0.2) is 4.98 Å². The van der Waals surface area contributed by atoms with E-state index in [9.17, 15) is 5.26 Å². The average Bonchev–Trinajstić information content (AvgIpc) is 2.96. The number of nitriles is 1. The van der Waals surface area contributed by atoms with Crippen LogP contribution in [-0.2, 0) is 0 Å². The normalized spacial score (nSPS) is 18.7. The summed E-state index contributed by atoms with van der Waals surface area (Å²) in [5.74, 6) is 0.838. The molecule has 4 rings (SSSR count). The summed E-state index contributed by atoms with van der Waals surface area (Å²) in [6, 6.07) is 12.8. The molecule has 1 atom stereocenters. The van der Waals surface area contributed by atoms with E-state index in [4.69, 9.17) is 14.8 Å². The van der Waals surface area contributed by atoms with Gasteiger partial charge in [0, 0.05) is 63.8 Å². The van der Waals surface area contributed by atoms with Crippen LogP contribution in [0, 0.1) is 11.3 Å². The number of rotatable bonds is 8. The van der Waals surface area contributed by atoms with Crippen LogP contribution >= 0.6 is 0 Å². The topological polar surface area (TPSA) is 80.0 Å². The lowest BCUT2D eigenvalue weighted by Crippen LogP contribution is -2.32. The number of nitrogens with zero attached hydrogens (tertiary/aromatic N) is 6. The van der Waals surface area contributed by atoms with Crippen LogP contribution in [0.2, 0.25) is 0 Å². The van der Waals surface area contributed by atoms with Gasteiger partial charge >= 0.3 is 0 Å². The SMILES string of the molecule is CN/C(C)=C\N(C)c1ccc(/C(C)=N/N2CCCC(c3cc(N4CCCCC4)ccc3C#N)C2)nc1OC. The first kappa shape index (κ1) is 27.3. The Kier molecular flexibility index (Phi) is 9.11. The molecule has 2 aliphatic heterocycles. The van der Waals surface area contributed by atoms with Crippen molar-refractivity contribution in [3.8, 4) is 11.9 Å². The summed E-state index contributed by atoms with van der Waals surface area (Å²) in [6.45, 7) is 7.90. The van der Waals surface area contributed by atoms with Gasteiger partial charge in [0.2, 0.25) is 5.88 Å². The minimum absolute atomic E-state index is 0.278. The van der Waals surface area contributed by atoms with Crippen LogP contribution in [0.25, 0.3) is 0 Å². The predicted octanol–water partition coefficient (Wildman–Crippen LogP) is 5.07. The van der Waals surface area contributed by atoms with Crippen molar-refractivity contribution in [2.45, 2.75) is 51.9 Å². The maximum atomic E-state index is 9.85. The van der Waals surface area contributed by atoms with Gasteiger partial charge in [0.05, 0.1) is 30.1 Å². The van der Waals surface area contributed by atoms with Gasteiger partial charge < -0.3 is 19.9 Å². The van der Waals surface area contributed by atoms with Crippen LogP contribution in [0.3, 0.4) is 0 Å². The molecule has 0 spiro atoms. The number of anilines is 2. The van der Waals surface area contributed by atoms with Crippen LogP contribution < -0.4 is 19.9 Å². The highest BCUT2D eigenvalue weighted by molar-refractivity contribution is 5.97. The zero-order chi connectivity index (χ0) is 27.1. The minimum atomic E-state index is 0.278. The van der Waals surface area contributed by atoms with Gasteiger partial charge in [-0.05, 0) is 81.8 Å². The number of pyridine rings is 1. The van der Waals surface area contributed by atoms with Crippen LogP contribution in [0.4, 0.5) is 11.4 Å². The number of benzene rings is 1. The van der Waals surface area contributed by atoms with E-state index in [0.717, 1.165) is 72.9 Å². The number of methoxy groups -OCH3 is 1. The summed E-state index contributed by atoms with van der Waals surface area (Å²) in [4.78, 5) is 9.22. The van der Waals surface area contributed by atoms with Crippen LogP contribution in [0.15, 0.2) is 47.3 Å². The van der Waals surface area contributed by atoms with Gasteiger partial charge in [-0.1, -0.05) is 0 Å². The molecule has 0 saturated carbocycles. The second kappa shape index (κ2) is 12.7. The predicted molar refractivity (Wildman–Crippen MR) is 155 cm³/mol. The van der Waals surface area contributed by atoms with Gasteiger partial charge in [-0.15, -0.1) is 0 Å². The Morgan fingerprint density at radius 3 is 2.66 bits per heavy atom. The van der Waals surface area contributed by atoms with E-state index >= 15 is 0 Å². The van der Waals surface area contributed by atoms with Crippen molar-refractivity contribution in [2.75, 3.05) is 57.2 Å². The number of allylic oxidation sites excluding steroid dienone is 1. The third-order valence-corrected chi connectivity index (χ3v) is 7.57. The molecule has 1 unspecified atom stereocenters. The van der Waals surface area contributed by atoms with Crippen LogP contribution in [0.5, 0.6) is 5.88 Å². The summed E-state index contributed by atoms with van der Waals surface area (Å²) in [5, 5.41) is 20.1. The molecule has 3 heterocycles. The van der Waals surface area contributed by atoms with Crippen molar-refractivity contribution in [2.24, 2.45) is 5.10 Å². The number of aromatic nitrogens is 1. The van der Waals surface area contributed by atoms with Crippen molar-refractivity contribution in [3.63, 3.8) is 0 Å². The van der Waals surface area contributed by atoms with Crippen LogP contribution in [-0.4, -0.2) is 63.1 Å². The summed E-state index contributed by atoms with van der Waals surface area (Å²) >= 11 is 0. The van der Waals surface area contributed by atoms with E-state index in [2.05, 4.69) is 33.4 Å². The van der Waals surface area contributed by atoms with Crippen molar-refractivity contribution < 1.29 is 4.74 Å². The van der Waals surface area contributed by atoms with Gasteiger partial charge in [0.25, 0.3) is 0 Å². The molecule has 2 aliphatic rings. The van der Waals surface area contributed by atoms with Gasteiger partial charge in [-0.3, -0.25) is 5.01 Å². The number of piperidine rings is 2. The van der Waals surface area contributed by atoms with Crippen molar-refractivity contribution in [3.05, 3.63) is 59.0 Å². The Bertz CT molecular complexity index is 1210. The highest BCUT2D eigenvalue weighted by Crippen LogP contribution is 2.33. The highest BCUT2D eigenvalue weighted by atomic mass is 16.5. The Hall–Kier alpha value is -3.73. The first-order valence-electron chi connectivity index (χ1n) is 13.7. The Balaban J connectivity index is 1.53. The number of hydrogen-bond acceptors (Lipinski definition) is 8. The fraction of sp³-hybridized carbons (Fsp3) is 0.500. The molecular weight excluding hydrogens is 474 g/mol. The molecule has 0 bridgehead atoms. The molecule has 2 aromatic rings. The van der Waals surface area contributed by atoms with E-state index in [0.29, 0.717) is 5.88 Å². The third kappa shape index (κ3) is 6.39. The van der Waals surface area contributed by atoms with Crippen molar-refractivity contribution in [1.82, 2.24) is 15.3 Å². The molecule has 1 aromatic carbocycles. The monoisotopic (exact) mass is 515 g/mol. The zero-order valence-corrected chi connectivity index (χ0v) is 23.5. The van der Waals surface area contributed by atoms with Gasteiger partial charge in [-0.2, -0.15) is 10.4 Å². The van der Waals surface area contributed by atoms with Gasteiger partial charge in [0.1, 0.15) is 5.69 Å². The summed E-state index contributed by atoms with van der Waals surface area (Å²) in [5.41, 5.74) is 6.75. The second-order valence-corrected chi connectivity index (χ2v) is 10.3. The van der Waals surface area contributed by atoms with E-state index in [1.165, 1.54) is 24.9 Å². The zero-order valence-electron chi connectivity index (χ0n) is 23.5. The number of ether oxygens (including phenoxy) is 1. The Morgan fingerprint density at radius 2 is 1.95 bits per heavy atom. The molecule has 0 aliphatic carbocycles. The second-order valence-electron chi connectivity index (χ2n) is 10.3. The number of hydrogen-bond donors (Lipinski definition) is 1. The standard InChI is InChI=1S/C30H41N7O/c1-22(32-3)20-35(4)29-14-13-28(33-30(29)38-5)23(2)34-37-17-9-10-25(21-37)27-18-26(12-11-24(27)19-31)36-15-7-6-8-16-36/h11-14,18,20,25,32H,6-10,15-17,21H2,1-5H3/b22-20-,34-23+. The molecule has 202 valence electrons. The van der Waals surface area contributed by atoms with Crippen LogP contribution in [0.1, 0.15) is 68.7 Å². The first-order valence-corrected chi connectivity index (χ1v) is 13.7. The summed E-state index contributed by atoms with van der Waals surface area (Å²) in [7, 11) is 5.52. The fourth-order valence-corrected chi connectivity index (χ4v) is 5.38. The first-order chi connectivity index (χ1) is 18.4. The lowest BCUT2D eigenvalue weighted by molar-refractivity contribution is 0.216. The van der Waals surface area contributed by atoms with E-state index in [1.807, 2.05) is 57.2 Å². The molecule has 8 heteroatoms. The van der Waals surface area contributed by atoms with E-state index < -0.39 is 0 Å². The molecule has 2 saturated heterocycles. The molecule has 0 radical (unpaired) electrons. The fourth-order valence-electron chi connectivity index (χ4n) is 5.38. The Morgan fingerprint density at radius 1 is 1.16 bits per heavy atom. The largest absolute Gasteiger partial charge is 0.479 e. The average molecular weight is 516 g/mol. The molecule has 8 nitrogen and oxygen atoms in total. The molecule has 0 amide bonds. The smallest absolute Gasteiger partial charge is 0.238 e. The lowest BCUT2D eigenvalue weighted by Gasteiger charge is -2.33. The maximum absolute atomic E-state index is 9.85. The third-order valence-electron chi connectivity index (χ3n) is 7.57. The molecule has 1 N–H and O–H groups in total. The van der Waals surface area contributed by atoms with Crippen molar-refractivity contribution in [1.29, 1.82) is 5.26 Å². The highest BCUT2D eigenvalue weighted by Gasteiger charge is 2.25. The molecular formula is C30H41N7O. The minimum Gasteiger partial charge on any atom is -0.479 e. The quantitative estimate of drug-likeness (QED) is 0.492. The number of hydrazone groups is 1. The maximum Gasteiger partial charge on any atom is 0.238 e. The van der Waals surface area contributed by atoms with E-state index in [1.54, 1.807) is 7.11 Å². The summed E-state index contributed by atoms with van der Waals surface area (Å²) < 4.78 is 5.62. The van der Waals surface area contributed by atoms with Crippen molar-refractivity contribution >= 4 is 17.1 Å². The lowest BCUT2D eigenvalue weighted by atomic mass is 9.88. The molecule has 1 aromatic heterocycles. The van der Waals surface area contributed by atoms with Gasteiger partial charge in [0.15, 0.2) is 0 Å². The van der Waals surface area contributed by atoms with E-state index in [-0.39, 0.29) is 5.92 Å². The Labute approximate surface area is 227 Å². The summed E-state index contributed by atoms with van der Waals surface area (Å²) in [6.07, 6.45) is 7.89. The molecule has 38 heavy (non-hydrogen) atoms.